The van der Waals surface area contributed by atoms with Crippen molar-refractivity contribution >= 4 is 49.1 Å². The quantitative estimate of drug-likeness (QED) is 0.231. The summed E-state index contributed by atoms with van der Waals surface area (Å²) in [7, 11) is 0. The number of rotatable bonds is 2. The van der Waals surface area contributed by atoms with Crippen molar-refractivity contribution < 1.29 is 0 Å². The maximum absolute atomic E-state index is 2.46. The van der Waals surface area contributed by atoms with E-state index in [0.717, 1.165) is 11.2 Å². The molecule has 0 bridgehead atoms. The Kier molecular flexibility index (Phi) is 4.55. The highest BCUT2D eigenvalue weighted by atomic mass is 15.0. The Morgan fingerprint density at radius 3 is 1.63 bits per heavy atom. The first-order valence-corrected chi connectivity index (χ1v) is 13.0. The average molecular weight is 485 g/mol. The van der Waals surface area contributed by atoms with Crippen LogP contribution in [0.3, 0.4) is 0 Å². The summed E-state index contributed by atoms with van der Waals surface area (Å²) in [5.74, 6) is 0. The van der Waals surface area contributed by atoms with Gasteiger partial charge in [0.1, 0.15) is 0 Å². The lowest BCUT2D eigenvalue weighted by Gasteiger charge is -2.17. The molecule has 0 saturated carbocycles. The number of para-hydroxylation sites is 5. The van der Waals surface area contributed by atoms with Gasteiger partial charge in [0.05, 0.1) is 27.6 Å². The Hall–Kier alpha value is -5.08. The maximum Gasteiger partial charge on any atom is 0.0703 e. The van der Waals surface area contributed by atoms with Gasteiger partial charge in [0.2, 0.25) is 0 Å². The lowest BCUT2D eigenvalue weighted by atomic mass is 10.0. The molecule has 0 atom stereocenters. The number of hydrogen-bond acceptors (Lipinski definition) is 0. The molecule has 0 unspecified atom stereocenters. The number of aromatic nitrogens is 2. The minimum Gasteiger partial charge on any atom is -0.308 e. The van der Waals surface area contributed by atoms with E-state index in [2.05, 4.69) is 155 Å². The molecular formula is C36H24N2. The zero-order valence-corrected chi connectivity index (χ0v) is 20.8. The van der Waals surface area contributed by atoms with Crippen LogP contribution < -0.4 is 0 Å². The van der Waals surface area contributed by atoms with Gasteiger partial charge >= 0.3 is 0 Å². The molecule has 38 heavy (non-hydrogen) atoms. The molecule has 0 N–H and O–H groups in total. The van der Waals surface area contributed by atoms with E-state index >= 15 is 0 Å². The van der Waals surface area contributed by atoms with Crippen LogP contribution in [0.5, 0.6) is 0 Å². The molecule has 0 amide bonds. The van der Waals surface area contributed by atoms with Crippen LogP contribution in [0.15, 0.2) is 146 Å². The minimum atomic E-state index is 1.14. The lowest BCUT2D eigenvalue weighted by Crippen LogP contribution is -2.01. The van der Waals surface area contributed by atoms with Crippen LogP contribution in [-0.2, 0) is 0 Å². The van der Waals surface area contributed by atoms with Crippen molar-refractivity contribution in [1.82, 2.24) is 8.97 Å². The fourth-order valence-electron chi connectivity index (χ4n) is 6.09. The van der Waals surface area contributed by atoms with Gasteiger partial charge < -0.3 is 8.97 Å². The summed E-state index contributed by atoms with van der Waals surface area (Å²) in [4.78, 5) is 0. The molecule has 0 saturated heterocycles. The van der Waals surface area contributed by atoms with E-state index in [-0.39, 0.29) is 0 Å². The highest BCUT2D eigenvalue weighted by molar-refractivity contribution is 6.20. The van der Waals surface area contributed by atoms with E-state index < -0.39 is 0 Å². The Bertz CT molecular complexity index is 2180. The Morgan fingerprint density at radius 2 is 0.868 bits per heavy atom. The Balaban J connectivity index is 1.65. The van der Waals surface area contributed by atoms with Crippen LogP contribution in [-0.4, -0.2) is 8.97 Å². The summed E-state index contributed by atoms with van der Waals surface area (Å²) in [6.07, 6.45) is 0. The van der Waals surface area contributed by atoms with Crippen LogP contribution in [0.2, 0.25) is 0 Å². The molecule has 8 rings (SSSR count). The summed E-state index contributed by atoms with van der Waals surface area (Å²) in [5, 5.41) is 5.02. The first-order valence-electron chi connectivity index (χ1n) is 13.0. The van der Waals surface area contributed by atoms with Gasteiger partial charge in [-0.25, -0.2) is 0 Å². The molecule has 0 aliphatic rings. The second-order valence-electron chi connectivity index (χ2n) is 9.81. The van der Waals surface area contributed by atoms with E-state index in [0.29, 0.717) is 0 Å². The predicted octanol–water partition coefficient (Wildman–Crippen LogP) is 9.57. The summed E-state index contributed by atoms with van der Waals surface area (Å²) < 4.78 is 4.88. The summed E-state index contributed by atoms with van der Waals surface area (Å²) in [5.41, 5.74) is 9.53. The summed E-state index contributed by atoms with van der Waals surface area (Å²) in [6, 6.07) is 52.6. The summed E-state index contributed by atoms with van der Waals surface area (Å²) in [6.45, 7) is 0. The van der Waals surface area contributed by atoms with Crippen molar-refractivity contribution in [2.24, 2.45) is 0 Å². The highest BCUT2D eigenvalue weighted by Crippen LogP contribution is 2.37. The van der Waals surface area contributed by atoms with Gasteiger partial charge in [0, 0.05) is 27.2 Å². The van der Waals surface area contributed by atoms with Crippen LogP contribution in [0.1, 0.15) is 0 Å². The van der Waals surface area contributed by atoms with Crippen molar-refractivity contribution in [2.75, 3.05) is 0 Å². The number of hydrogen-bond donors (Lipinski definition) is 0. The highest BCUT2D eigenvalue weighted by Gasteiger charge is 2.16. The SMILES string of the molecule is c1ccc(-c2cccc(-n3c4ccccc4c4cccc5c6ccccc6n(c6ccccc63)c45)c2)cc1. The fourth-order valence-corrected chi connectivity index (χ4v) is 6.09. The van der Waals surface area contributed by atoms with Gasteiger partial charge in [-0.1, -0.05) is 109 Å². The zero-order chi connectivity index (χ0) is 25.1. The third kappa shape index (κ3) is 3.01. The molecule has 0 spiro atoms. The lowest BCUT2D eigenvalue weighted by molar-refractivity contribution is 1.16. The van der Waals surface area contributed by atoms with Crippen molar-refractivity contribution in [3.63, 3.8) is 0 Å². The third-order valence-electron chi connectivity index (χ3n) is 7.70. The molecule has 8 aromatic rings. The molecule has 2 heterocycles. The number of fused-ring (bicyclic) bond motifs is 7. The smallest absolute Gasteiger partial charge is 0.0703 e. The Morgan fingerprint density at radius 1 is 0.342 bits per heavy atom. The van der Waals surface area contributed by atoms with Gasteiger partial charge in [0.25, 0.3) is 0 Å². The van der Waals surface area contributed by atoms with Crippen LogP contribution >= 0.6 is 0 Å². The molecule has 2 heteroatoms. The third-order valence-corrected chi connectivity index (χ3v) is 7.70. The molecule has 0 fully saturated rings. The number of benzene rings is 6. The van der Waals surface area contributed by atoms with Crippen LogP contribution in [0, 0.1) is 0 Å². The summed E-state index contributed by atoms with van der Waals surface area (Å²) >= 11 is 0. The van der Waals surface area contributed by atoms with Crippen molar-refractivity contribution in [3.05, 3.63) is 146 Å². The minimum absolute atomic E-state index is 1.14. The topological polar surface area (TPSA) is 9.34 Å². The molecule has 0 aliphatic heterocycles. The van der Waals surface area contributed by atoms with Crippen LogP contribution in [0.4, 0.5) is 0 Å². The van der Waals surface area contributed by atoms with Crippen molar-refractivity contribution in [3.8, 4) is 16.8 Å². The molecule has 0 aliphatic carbocycles. The van der Waals surface area contributed by atoms with Gasteiger partial charge in [-0.3, -0.25) is 0 Å². The standard InChI is InChI=1S/C36H24N2/c1-2-12-25(13-3-1)26-14-10-15-27(24-26)37-32-20-6-4-16-28(32)30-18-11-19-31-29-17-5-7-21-33(29)38(36(30)31)35-23-9-8-22-34(35)37/h1-24H. The van der Waals surface area contributed by atoms with Gasteiger partial charge in [0.15, 0.2) is 0 Å². The van der Waals surface area contributed by atoms with Crippen molar-refractivity contribution in [1.29, 1.82) is 0 Å². The second kappa shape index (κ2) is 8.22. The molecule has 178 valence electrons. The Labute approximate surface area is 220 Å². The first-order chi connectivity index (χ1) is 18.9. The van der Waals surface area contributed by atoms with E-state index in [1.165, 1.54) is 54.7 Å². The van der Waals surface area contributed by atoms with Gasteiger partial charge in [-0.2, -0.15) is 0 Å². The maximum atomic E-state index is 2.46. The second-order valence-corrected chi connectivity index (χ2v) is 9.81. The van der Waals surface area contributed by atoms with E-state index in [1.54, 1.807) is 0 Å². The molecule has 2 aromatic heterocycles. The van der Waals surface area contributed by atoms with Gasteiger partial charge in [-0.15, -0.1) is 0 Å². The first kappa shape index (κ1) is 21.0. The molecule has 6 aromatic carbocycles. The van der Waals surface area contributed by atoms with E-state index in [1.807, 2.05) is 0 Å². The van der Waals surface area contributed by atoms with Crippen molar-refractivity contribution in [2.45, 2.75) is 0 Å². The zero-order valence-electron chi connectivity index (χ0n) is 20.8. The largest absolute Gasteiger partial charge is 0.308 e. The van der Waals surface area contributed by atoms with Gasteiger partial charge in [-0.05, 0) is 47.5 Å². The van der Waals surface area contributed by atoms with E-state index in [4.69, 9.17) is 0 Å². The predicted molar refractivity (Wildman–Crippen MR) is 161 cm³/mol. The monoisotopic (exact) mass is 484 g/mol. The molecule has 2 nitrogen and oxygen atoms in total. The molecular weight excluding hydrogens is 460 g/mol. The fraction of sp³-hybridized carbons (Fsp3) is 0. The number of nitrogens with zero attached hydrogens (tertiary/aromatic N) is 2. The van der Waals surface area contributed by atoms with E-state index in [9.17, 15) is 0 Å². The van der Waals surface area contributed by atoms with Crippen LogP contribution in [0.25, 0.3) is 65.9 Å². The normalized spacial score (nSPS) is 11.7. The molecule has 0 radical (unpaired) electrons. The average Bonchev–Trinajstić information content (AvgIpc) is 3.32.